The highest BCUT2D eigenvalue weighted by Crippen LogP contribution is 2.35. The lowest BCUT2D eigenvalue weighted by Crippen LogP contribution is -2.32. The zero-order valence-electron chi connectivity index (χ0n) is 12.5. The van der Waals surface area contributed by atoms with Gasteiger partial charge in [0.05, 0.1) is 11.4 Å². The Labute approximate surface area is 123 Å². The molecule has 0 N–H and O–H groups in total. The van der Waals surface area contributed by atoms with E-state index in [1.165, 1.54) is 6.42 Å². The van der Waals surface area contributed by atoms with Crippen molar-refractivity contribution in [3.63, 3.8) is 0 Å². The van der Waals surface area contributed by atoms with E-state index in [9.17, 15) is 8.42 Å². The molecule has 1 saturated carbocycles. The molecule has 2 aliphatic rings. The summed E-state index contributed by atoms with van der Waals surface area (Å²) in [7, 11) is -3.42. The van der Waals surface area contributed by atoms with Crippen LogP contribution in [0.15, 0.2) is 24.3 Å². The Morgan fingerprint density at radius 1 is 1.20 bits per heavy atom. The van der Waals surface area contributed by atoms with Gasteiger partial charge in [-0.05, 0) is 43.9 Å². The molecule has 0 aliphatic heterocycles. The summed E-state index contributed by atoms with van der Waals surface area (Å²) < 4.78 is 30.0. The number of hydrogen-bond acceptors (Lipinski definition) is 3. The van der Waals surface area contributed by atoms with Crippen molar-refractivity contribution in [2.24, 2.45) is 11.8 Å². The van der Waals surface area contributed by atoms with Crippen LogP contribution in [0.1, 0.15) is 52.4 Å². The molecule has 0 aromatic heterocycles. The summed E-state index contributed by atoms with van der Waals surface area (Å²) in [5.74, 6) is 1.38. The lowest BCUT2D eigenvalue weighted by molar-refractivity contribution is 0.226. The smallest absolute Gasteiger partial charge is 0.262 e. The van der Waals surface area contributed by atoms with Crippen LogP contribution in [-0.4, -0.2) is 19.8 Å². The molecule has 0 bridgehead atoms. The third-order valence-electron chi connectivity index (χ3n) is 4.77. The molecule has 114 valence electrons. The van der Waals surface area contributed by atoms with Crippen molar-refractivity contribution in [2.45, 2.75) is 63.7 Å². The molecule has 0 spiro atoms. The summed E-state index contributed by atoms with van der Waals surface area (Å²) in [6, 6.07) is 0. The van der Waals surface area contributed by atoms with Gasteiger partial charge in [0.1, 0.15) is 0 Å². The van der Waals surface area contributed by atoms with E-state index in [-0.39, 0.29) is 11.4 Å². The SMILES string of the molecule is CCC(C)C1CCC(S(=O)(=O)OC2C=CC=CC2)CC1. The van der Waals surface area contributed by atoms with Crippen molar-refractivity contribution in [3.05, 3.63) is 24.3 Å². The van der Waals surface area contributed by atoms with E-state index in [4.69, 9.17) is 4.18 Å². The minimum Gasteiger partial charge on any atom is -0.262 e. The summed E-state index contributed by atoms with van der Waals surface area (Å²) in [6.07, 6.45) is 12.6. The summed E-state index contributed by atoms with van der Waals surface area (Å²) in [6.45, 7) is 4.48. The lowest BCUT2D eigenvalue weighted by Gasteiger charge is -2.31. The molecule has 0 aromatic carbocycles. The Kier molecular flexibility index (Phi) is 5.44. The molecule has 0 saturated heterocycles. The fourth-order valence-corrected chi connectivity index (χ4v) is 4.65. The monoisotopic (exact) mass is 298 g/mol. The third kappa shape index (κ3) is 3.95. The van der Waals surface area contributed by atoms with Crippen LogP contribution < -0.4 is 0 Å². The quantitative estimate of drug-likeness (QED) is 0.725. The highest BCUT2D eigenvalue weighted by molar-refractivity contribution is 7.87. The Balaban J connectivity index is 1.88. The van der Waals surface area contributed by atoms with Crippen LogP contribution in [0, 0.1) is 11.8 Å². The fourth-order valence-electron chi connectivity index (χ4n) is 3.16. The van der Waals surface area contributed by atoms with Gasteiger partial charge < -0.3 is 0 Å². The van der Waals surface area contributed by atoms with E-state index in [0.29, 0.717) is 18.3 Å². The lowest BCUT2D eigenvalue weighted by atomic mass is 9.80. The van der Waals surface area contributed by atoms with Crippen LogP contribution in [0.4, 0.5) is 0 Å². The normalized spacial score (nSPS) is 32.2. The second-order valence-electron chi connectivity index (χ2n) is 6.10. The van der Waals surface area contributed by atoms with E-state index in [2.05, 4.69) is 13.8 Å². The average molecular weight is 298 g/mol. The van der Waals surface area contributed by atoms with Gasteiger partial charge in [0, 0.05) is 0 Å². The second-order valence-corrected chi connectivity index (χ2v) is 7.94. The molecular formula is C16H26O3S. The van der Waals surface area contributed by atoms with Gasteiger partial charge in [-0.3, -0.25) is 4.18 Å². The highest BCUT2D eigenvalue weighted by atomic mass is 32.2. The van der Waals surface area contributed by atoms with Crippen molar-refractivity contribution < 1.29 is 12.6 Å². The molecule has 2 rings (SSSR count). The Morgan fingerprint density at radius 2 is 1.90 bits per heavy atom. The predicted octanol–water partition coefficient (Wildman–Crippen LogP) is 3.82. The van der Waals surface area contributed by atoms with Crippen LogP contribution in [-0.2, 0) is 14.3 Å². The number of allylic oxidation sites excluding steroid dienone is 2. The predicted molar refractivity (Wildman–Crippen MR) is 81.9 cm³/mol. The molecule has 2 unspecified atom stereocenters. The van der Waals surface area contributed by atoms with Crippen LogP contribution >= 0.6 is 0 Å². The molecule has 0 heterocycles. The molecule has 0 radical (unpaired) electrons. The van der Waals surface area contributed by atoms with Crippen LogP contribution in [0.25, 0.3) is 0 Å². The first-order valence-electron chi connectivity index (χ1n) is 7.78. The minimum absolute atomic E-state index is 0.304. The molecular weight excluding hydrogens is 272 g/mol. The van der Waals surface area contributed by atoms with E-state index in [0.717, 1.165) is 25.7 Å². The summed E-state index contributed by atoms with van der Waals surface area (Å²) in [5, 5.41) is -0.304. The summed E-state index contributed by atoms with van der Waals surface area (Å²) in [5.41, 5.74) is 0. The average Bonchev–Trinajstić information content (AvgIpc) is 2.47. The fraction of sp³-hybridized carbons (Fsp3) is 0.750. The van der Waals surface area contributed by atoms with E-state index >= 15 is 0 Å². The standard InChI is InChI=1S/C16H26O3S/c1-3-13(2)14-9-11-16(12-10-14)20(17,18)19-15-7-5-4-6-8-15/h4-7,13-16H,3,8-12H2,1-2H3. The molecule has 0 aromatic rings. The maximum absolute atomic E-state index is 12.3. The van der Waals surface area contributed by atoms with Gasteiger partial charge in [0.2, 0.25) is 0 Å². The van der Waals surface area contributed by atoms with Gasteiger partial charge in [0.25, 0.3) is 10.1 Å². The maximum Gasteiger partial charge on any atom is 0.270 e. The summed E-state index contributed by atoms with van der Waals surface area (Å²) in [4.78, 5) is 0. The minimum atomic E-state index is -3.42. The first-order valence-corrected chi connectivity index (χ1v) is 9.25. The van der Waals surface area contributed by atoms with Gasteiger partial charge in [-0.15, -0.1) is 0 Å². The van der Waals surface area contributed by atoms with E-state index in [1.54, 1.807) is 0 Å². The van der Waals surface area contributed by atoms with Crippen molar-refractivity contribution in [1.29, 1.82) is 0 Å². The largest absolute Gasteiger partial charge is 0.270 e. The van der Waals surface area contributed by atoms with Crippen molar-refractivity contribution in [3.8, 4) is 0 Å². The van der Waals surface area contributed by atoms with Gasteiger partial charge in [0.15, 0.2) is 0 Å². The van der Waals surface area contributed by atoms with Gasteiger partial charge in [-0.1, -0.05) is 44.6 Å². The van der Waals surface area contributed by atoms with Gasteiger partial charge >= 0.3 is 0 Å². The highest BCUT2D eigenvalue weighted by Gasteiger charge is 2.34. The maximum atomic E-state index is 12.3. The molecule has 2 atom stereocenters. The topological polar surface area (TPSA) is 43.4 Å². The third-order valence-corrected chi connectivity index (χ3v) is 6.58. The van der Waals surface area contributed by atoms with Crippen molar-refractivity contribution in [2.75, 3.05) is 0 Å². The number of hydrogen-bond donors (Lipinski definition) is 0. The second kappa shape index (κ2) is 6.90. The molecule has 2 aliphatic carbocycles. The molecule has 3 nitrogen and oxygen atoms in total. The zero-order valence-corrected chi connectivity index (χ0v) is 13.3. The summed E-state index contributed by atoms with van der Waals surface area (Å²) >= 11 is 0. The Morgan fingerprint density at radius 3 is 2.45 bits per heavy atom. The zero-order chi connectivity index (χ0) is 14.6. The van der Waals surface area contributed by atoms with Crippen LogP contribution in [0.5, 0.6) is 0 Å². The van der Waals surface area contributed by atoms with Crippen molar-refractivity contribution in [1.82, 2.24) is 0 Å². The van der Waals surface area contributed by atoms with Crippen LogP contribution in [0.3, 0.4) is 0 Å². The molecule has 20 heavy (non-hydrogen) atoms. The Hall–Kier alpha value is -0.610. The molecule has 4 heteroatoms. The first-order chi connectivity index (χ1) is 9.53. The van der Waals surface area contributed by atoms with E-state index in [1.807, 2.05) is 24.3 Å². The van der Waals surface area contributed by atoms with E-state index < -0.39 is 10.1 Å². The van der Waals surface area contributed by atoms with Gasteiger partial charge in [-0.2, -0.15) is 8.42 Å². The Bertz CT molecular complexity index is 456. The van der Waals surface area contributed by atoms with Gasteiger partial charge in [-0.25, -0.2) is 0 Å². The molecule has 0 amide bonds. The van der Waals surface area contributed by atoms with Crippen LogP contribution in [0.2, 0.25) is 0 Å². The molecule has 1 fully saturated rings. The number of rotatable bonds is 5. The van der Waals surface area contributed by atoms with Crippen molar-refractivity contribution >= 4 is 10.1 Å². The first kappa shape index (κ1) is 15.8.